The van der Waals surface area contributed by atoms with Gasteiger partial charge in [0.1, 0.15) is 17.1 Å². The predicted octanol–water partition coefficient (Wildman–Crippen LogP) is 4.59. The summed E-state index contributed by atoms with van der Waals surface area (Å²) in [4.78, 5) is 13.1. The summed E-state index contributed by atoms with van der Waals surface area (Å²) in [6, 6.07) is 9.67. The number of thioether (sulfide) groups is 1. The number of anilines is 1. The average Bonchev–Trinajstić information content (AvgIpc) is 2.71. The van der Waals surface area contributed by atoms with Crippen LogP contribution in [-0.2, 0) is 14.8 Å². The lowest BCUT2D eigenvalue weighted by atomic mass is 9.90. The van der Waals surface area contributed by atoms with Gasteiger partial charge in [-0.1, -0.05) is 19.9 Å². The predicted molar refractivity (Wildman–Crippen MR) is 127 cm³/mol. The molecule has 0 radical (unpaired) electrons. The largest absolute Gasteiger partial charge is 0.497 e. The number of fused-ring (bicyclic) bond motifs is 1. The first-order chi connectivity index (χ1) is 15.0. The summed E-state index contributed by atoms with van der Waals surface area (Å²) in [5, 5.41) is 2.83. The highest BCUT2D eigenvalue weighted by Crippen LogP contribution is 2.42. The number of carbonyl (C=O) groups excluding carboxylic acids is 1. The van der Waals surface area contributed by atoms with E-state index in [9.17, 15) is 13.2 Å². The summed E-state index contributed by atoms with van der Waals surface area (Å²) in [5.41, 5.74) is 0.672. The zero-order valence-corrected chi connectivity index (χ0v) is 20.8. The molecule has 1 aliphatic rings. The summed E-state index contributed by atoms with van der Waals surface area (Å²) < 4.78 is 40.8. The lowest BCUT2D eigenvalue weighted by Gasteiger charge is -2.37. The van der Waals surface area contributed by atoms with E-state index in [1.165, 1.54) is 17.8 Å². The van der Waals surface area contributed by atoms with Crippen molar-refractivity contribution in [3.63, 3.8) is 0 Å². The molecule has 0 fully saturated rings. The van der Waals surface area contributed by atoms with Gasteiger partial charge in [0.25, 0.3) is 0 Å². The van der Waals surface area contributed by atoms with Crippen molar-refractivity contribution in [3.05, 3.63) is 42.0 Å². The molecule has 2 aromatic carbocycles. The number of benzene rings is 2. The monoisotopic (exact) mass is 478 g/mol. The zero-order chi connectivity index (χ0) is 23.7. The molecule has 3 rings (SSSR count). The Hall–Kier alpha value is -2.23. The molecular formula is C23H30N2O5S2. The first-order valence-corrected chi connectivity index (χ1v) is 13.0. The Bertz CT molecular complexity index is 1110. The van der Waals surface area contributed by atoms with Crippen molar-refractivity contribution < 1.29 is 22.7 Å². The Labute approximate surface area is 194 Å². The van der Waals surface area contributed by atoms with Crippen molar-refractivity contribution in [3.8, 4) is 11.5 Å². The lowest BCUT2D eigenvalue weighted by Crippen LogP contribution is -2.41. The van der Waals surface area contributed by atoms with Crippen molar-refractivity contribution in [2.45, 2.75) is 55.5 Å². The topological polar surface area (TPSA) is 93.7 Å². The standard InChI is InChI=1S/C23H30N2O5S2/c1-14(2)22(26)24-18-12-16(8-10-21(18)31-6)32(27,28)25-19-13-23(3,4)30-20-11-15(29-5)7-9-17(19)20/h7-12,14,19,25H,13H2,1-6H3,(H,24,26)/t19-/m0/s1. The second kappa shape index (κ2) is 9.33. The molecule has 174 valence electrons. The van der Waals surface area contributed by atoms with Crippen molar-refractivity contribution in [1.82, 2.24) is 4.72 Å². The SMILES string of the molecule is COc1ccc2c(c1)OC(C)(C)C[C@@H]2NS(=O)(=O)c1ccc(SC)c(NC(=O)C(C)C)c1. The molecule has 0 unspecified atom stereocenters. The highest BCUT2D eigenvalue weighted by Gasteiger charge is 2.36. The third-order valence-corrected chi connectivity index (χ3v) is 7.50. The van der Waals surface area contributed by atoms with Gasteiger partial charge in [0, 0.05) is 28.9 Å². The Morgan fingerprint density at radius 3 is 2.56 bits per heavy atom. The minimum Gasteiger partial charge on any atom is -0.497 e. The van der Waals surface area contributed by atoms with Gasteiger partial charge in [-0.05, 0) is 44.4 Å². The van der Waals surface area contributed by atoms with Crippen LogP contribution in [0.3, 0.4) is 0 Å². The van der Waals surface area contributed by atoms with Crippen LogP contribution in [0.1, 0.15) is 45.7 Å². The minimum absolute atomic E-state index is 0.0914. The minimum atomic E-state index is -3.87. The van der Waals surface area contributed by atoms with E-state index in [2.05, 4.69) is 10.0 Å². The quantitative estimate of drug-likeness (QED) is 0.565. The molecule has 0 aliphatic carbocycles. The summed E-state index contributed by atoms with van der Waals surface area (Å²) >= 11 is 1.44. The maximum Gasteiger partial charge on any atom is 0.241 e. The molecule has 1 atom stereocenters. The summed E-state index contributed by atoms with van der Waals surface area (Å²) in [5.74, 6) is 0.843. The molecule has 1 aliphatic heterocycles. The van der Waals surface area contributed by atoms with Gasteiger partial charge in [-0.15, -0.1) is 11.8 Å². The second-order valence-corrected chi connectivity index (χ2v) is 11.2. The van der Waals surface area contributed by atoms with Gasteiger partial charge in [-0.2, -0.15) is 0 Å². The Morgan fingerprint density at radius 1 is 1.22 bits per heavy atom. The van der Waals surface area contributed by atoms with Gasteiger partial charge in [0.2, 0.25) is 15.9 Å². The molecule has 2 N–H and O–H groups in total. The van der Waals surface area contributed by atoms with Gasteiger partial charge in [0.15, 0.2) is 0 Å². The van der Waals surface area contributed by atoms with E-state index in [4.69, 9.17) is 9.47 Å². The molecule has 0 aromatic heterocycles. The van der Waals surface area contributed by atoms with E-state index < -0.39 is 21.7 Å². The van der Waals surface area contributed by atoms with E-state index in [1.807, 2.05) is 26.2 Å². The fraction of sp³-hybridized carbons (Fsp3) is 0.435. The van der Waals surface area contributed by atoms with E-state index >= 15 is 0 Å². The first kappa shape index (κ1) is 24.4. The van der Waals surface area contributed by atoms with Crippen LogP contribution in [0.25, 0.3) is 0 Å². The van der Waals surface area contributed by atoms with Crippen LogP contribution >= 0.6 is 11.8 Å². The van der Waals surface area contributed by atoms with Crippen LogP contribution < -0.4 is 19.5 Å². The van der Waals surface area contributed by atoms with Crippen molar-refractivity contribution in [2.75, 3.05) is 18.7 Å². The Kier molecular flexibility index (Phi) is 7.12. The fourth-order valence-electron chi connectivity index (χ4n) is 3.55. The van der Waals surface area contributed by atoms with Crippen LogP contribution in [0.2, 0.25) is 0 Å². The smallest absolute Gasteiger partial charge is 0.241 e. The van der Waals surface area contributed by atoms with Gasteiger partial charge in [-0.25, -0.2) is 13.1 Å². The molecule has 9 heteroatoms. The first-order valence-electron chi connectivity index (χ1n) is 10.3. The summed E-state index contributed by atoms with van der Waals surface area (Å²) in [6.07, 6.45) is 2.34. The van der Waals surface area contributed by atoms with Crippen LogP contribution in [0.4, 0.5) is 5.69 Å². The Morgan fingerprint density at radius 2 is 1.94 bits per heavy atom. The maximum atomic E-state index is 13.3. The van der Waals surface area contributed by atoms with Crippen LogP contribution in [-0.4, -0.2) is 33.3 Å². The number of hydrogen-bond acceptors (Lipinski definition) is 6. The third-order valence-electron chi connectivity index (χ3n) is 5.24. The number of ether oxygens (including phenoxy) is 2. The zero-order valence-electron chi connectivity index (χ0n) is 19.2. The van der Waals surface area contributed by atoms with E-state index in [-0.39, 0.29) is 16.7 Å². The van der Waals surface area contributed by atoms with E-state index in [1.54, 1.807) is 45.2 Å². The highest BCUT2D eigenvalue weighted by molar-refractivity contribution is 7.98. The van der Waals surface area contributed by atoms with Crippen LogP contribution in [0, 0.1) is 5.92 Å². The number of methoxy groups -OCH3 is 1. The molecule has 0 saturated heterocycles. The Balaban J connectivity index is 1.95. The van der Waals surface area contributed by atoms with Crippen LogP contribution in [0.15, 0.2) is 46.2 Å². The average molecular weight is 479 g/mol. The van der Waals surface area contributed by atoms with Crippen molar-refractivity contribution >= 4 is 33.4 Å². The van der Waals surface area contributed by atoms with E-state index in [0.717, 1.165) is 10.5 Å². The number of amides is 1. The molecule has 0 bridgehead atoms. The second-order valence-electron chi connectivity index (χ2n) is 8.65. The number of sulfonamides is 1. The lowest BCUT2D eigenvalue weighted by molar-refractivity contribution is -0.118. The van der Waals surface area contributed by atoms with E-state index in [0.29, 0.717) is 23.6 Å². The van der Waals surface area contributed by atoms with Crippen LogP contribution in [0.5, 0.6) is 11.5 Å². The number of carbonyl (C=O) groups is 1. The molecule has 2 aromatic rings. The van der Waals surface area contributed by atoms with Crippen molar-refractivity contribution in [1.29, 1.82) is 0 Å². The molecular weight excluding hydrogens is 448 g/mol. The number of rotatable bonds is 7. The molecule has 1 amide bonds. The van der Waals surface area contributed by atoms with Gasteiger partial charge in [-0.3, -0.25) is 4.79 Å². The maximum absolute atomic E-state index is 13.3. The van der Waals surface area contributed by atoms with Gasteiger partial charge < -0.3 is 14.8 Å². The molecule has 32 heavy (non-hydrogen) atoms. The number of hydrogen-bond donors (Lipinski definition) is 2. The fourth-order valence-corrected chi connectivity index (χ4v) is 5.32. The summed E-state index contributed by atoms with van der Waals surface area (Å²) in [7, 11) is -2.30. The molecule has 1 heterocycles. The molecule has 7 nitrogen and oxygen atoms in total. The molecule has 0 spiro atoms. The normalized spacial score (nSPS) is 17.4. The molecule has 0 saturated carbocycles. The number of nitrogens with one attached hydrogen (secondary N) is 2. The summed E-state index contributed by atoms with van der Waals surface area (Å²) in [6.45, 7) is 7.41. The highest BCUT2D eigenvalue weighted by atomic mass is 32.2. The van der Waals surface area contributed by atoms with Gasteiger partial charge >= 0.3 is 0 Å². The third kappa shape index (κ3) is 5.39. The van der Waals surface area contributed by atoms with Crippen molar-refractivity contribution in [2.24, 2.45) is 5.92 Å². The van der Waals surface area contributed by atoms with Gasteiger partial charge in [0.05, 0.1) is 23.7 Å².